The van der Waals surface area contributed by atoms with Gasteiger partial charge in [-0.3, -0.25) is 14.9 Å². The number of hydrogen-bond acceptors (Lipinski definition) is 8. The summed E-state index contributed by atoms with van der Waals surface area (Å²) in [5.41, 5.74) is 2.31. The monoisotopic (exact) mass is 430 g/mol. The molecule has 1 aliphatic rings. The molecule has 0 aliphatic carbocycles. The summed E-state index contributed by atoms with van der Waals surface area (Å²) in [6, 6.07) is 5.76. The van der Waals surface area contributed by atoms with E-state index >= 15 is 0 Å². The summed E-state index contributed by atoms with van der Waals surface area (Å²) in [5.74, 6) is 0.0106. The first-order chi connectivity index (χ1) is 13.7. The van der Waals surface area contributed by atoms with Gasteiger partial charge in [0, 0.05) is 23.7 Å². The lowest BCUT2D eigenvalue weighted by molar-refractivity contribution is -0.384. The molecule has 2 aromatic heterocycles. The van der Waals surface area contributed by atoms with Gasteiger partial charge in [0.15, 0.2) is 5.13 Å². The van der Waals surface area contributed by atoms with Gasteiger partial charge in [-0.25, -0.2) is 15.0 Å². The molecule has 11 heteroatoms. The standard InChI is InChI=1S/C18H15ClN6O3S/c1-18(2)10-6-9(4-5-12(10)24(3)16(18)26)11-7-29-17(22-11)23-15-13(25(27)28)14(19)20-8-21-15/h4-8H,1-3H3,(H,20,21,22,23). The molecule has 9 nitrogen and oxygen atoms in total. The number of hydrogen-bond donors (Lipinski definition) is 1. The third kappa shape index (κ3) is 3.10. The van der Waals surface area contributed by atoms with Gasteiger partial charge < -0.3 is 10.2 Å². The van der Waals surface area contributed by atoms with Crippen LogP contribution in [0, 0.1) is 10.1 Å². The Labute approximate surface area is 174 Å². The zero-order valence-electron chi connectivity index (χ0n) is 15.6. The van der Waals surface area contributed by atoms with Gasteiger partial charge in [0.1, 0.15) is 6.33 Å². The van der Waals surface area contributed by atoms with Crippen LogP contribution in [0.25, 0.3) is 11.3 Å². The van der Waals surface area contributed by atoms with E-state index in [9.17, 15) is 14.9 Å². The van der Waals surface area contributed by atoms with Gasteiger partial charge in [-0.2, -0.15) is 0 Å². The number of anilines is 3. The van der Waals surface area contributed by atoms with E-state index in [-0.39, 0.29) is 16.9 Å². The minimum absolute atomic E-state index is 0.0294. The van der Waals surface area contributed by atoms with Crippen molar-refractivity contribution in [3.05, 3.63) is 50.7 Å². The number of benzene rings is 1. The molecule has 1 aromatic carbocycles. The van der Waals surface area contributed by atoms with Crippen LogP contribution in [0.1, 0.15) is 19.4 Å². The summed E-state index contributed by atoms with van der Waals surface area (Å²) in [5, 5.41) is 16.1. The number of aromatic nitrogens is 3. The van der Waals surface area contributed by atoms with Crippen LogP contribution in [0.5, 0.6) is 0 Å². The average molecular weight is 431 g/mol. The zero-order chi connectivity index (χ0) is 20.9. The fourth-order valence-corrected chi connectivity index (χ4v) is 4.23. The topological polar surface area (TPSA) is 114 Å². The van der Waals surface area contributed by atoms with Crippen molar-refractivity contribution >= 4 is 51.2 Å². The first-order valence-electron chi connectivity index (χ1n) is 8.50. The van der Waals surface area contributed by atoms with Crippen LogP contribution in [0.15, 0.2) is 29.9 Å². The van der Waals surface area contributed by atoms with E-state index in [1.165, 1.54) is 11.3 Å². The molecule has 148 valence electrons. The summed E-state index contributed by atoms with van der Waals surface area (Å²) < 4.78 is 0. The lowest BCUT2D eigenvalue weighted by Gasteiger charge is -2.16. The molecule has 0 bridgehead atoms. The average Bonchev–Trinajstić information content (AvgIpc) is 3.20. The Morgan fingerprint density at radius 3 is 2.79 bits per heavy atom. The minimum Gasteiger partial charge on any atom is -0.314 e. The van der Waals surface area contributed by atoms with E-state index in [1.54, 1.807) is 11.9 Å². The molecule has 1 aliphatic heterocycles. The van der Waals surface area contributed by atoms with Crippen molar-refractivity contribution in [3.63, 3.8) is 0 Å². The van der Waals surface area contributed by atoms with Gasteiger partial charge >= 0.3 is 5.69 Å². The Kier molecular flexibility index (Phi) is 4.47. The Morgan fingerprint density at radius 1 is 1.31 bits per heavy atom. The number of likely N-dealkylation sites (N-methyl/N-ethyl adjacent to an activating group) is 1. The van der Waals surface area contributed by atoms with Crippen molar-refractivity contribution in [1.29, 1.82) is 0 Å². The van der Waals surface area contributed by atoms with Crippen molar-refractivity contribution in [1.82, 2.24) is 15.0 Å². The number of nitro groups is 1. The van der Waals surface area contributed by atoms with E-state index in [0.717, 1.165) is 23.1 Å². The molecule has 1 N–H and O–H groups in total. The molecule has 0 radical (unpaired) electrons. The first kappa shape index (κ1) is 19.2. The van der Waals surface area contributed by atoms with Crippen LogP contribution in [0.4, 0.5) is 22.3 Å². The highest BCUT2D eigenvalue weighted by Crippen LogP contribution is 2.43. The Balaban J connectivity index is 1.67. The summed E-state index contributed by atoms with van der Waals surface area (Å²) in [6.07, 6.45) is 1.14. The number of halogens is 1. The van der Waals surface area contributed by atoms with Gasteiger partial charge in [0.2, 0.25) is 16.9 Å². The number of fused-ring (bicyclic) bond motifs is 1. The molecule has 29 heavy (non-hydrogen) atoms. The molecule has 0 saturated heterocycles. The molecule has 0 saturated carbocycles. The maximum absolute atomic E-state index is 12.5. The highest BCUT2D eigenvalue weighted by atomic mass is 35.5. The van der Waals surface area contributed by atoms with E-state index in [2.05, 4.69) is 20.3 Å². The SMILES string of the molecule is CN1C(=O)C(C)(C)c2cc(-c3csc(Nc4ncnc(Cl)c4[N+](=O)[O-])n3)ccc21. The second-order valence-electron chi connectivity index (χ2n) is 7.00. The van der Waals surface area contributed by atoms with Crippen LogP contribution >= 0.6 is 22.9 Å². The molecule has 3 aromatic rings. The van der Waals surface area contributed by atoms with Crippen molar-refractivity contribution in [2.24, 2.45) is 0 Å². The lowest BCUT2D eigenvalue weighted by Crippen LogP contribution is -2.33. The second-order valence-corrected chi connectivity index (χ2v) is 8.22. The first-order valence-corrected chi connectivity index (χ1v) is 9.76. The molecule has 0 spiro atoms. The second kappa shape index (κ2) is 6.75. The van der Waals surface area contributed by atoms with Crippen LogP contribution in [0.2, 0.25) is 5.15 Å². The predicted molar refractivity (Wildman–Crippen MR) is 111 cm³/mol. The van der Waals surface area contributed by atoms with Gasteiger partial charge in [0.25, 0.3) is 0 Å². The molecule has 3 heterocycles. The van der Waals surface area contributed by atoms with E-state index < -0.39 is 16.0 Å². The fraction of sp³-hybridized carbons (Fsp3) is 0.222. The van der Waals surface area contributed by atoms with Crippen molar-refractivity contribution in [2.45, 2.75) is 19.3 Å². The Bertz CT molecular complexity index is 1160. The van der Waals surface area contributed by atoms with Crippen molar-refractivity contribution in [3.8, 4) is 11.3 Å². The Morgan fingerprint density at radius 2 is 2.07 bits per heavy atom. The van der Waals surface area contributed by atoms with E-state index in [4.69, 9.17) is 11.6 Å². The number of carbonyl (C=O) groups is 1. The predicted octanol–water partition coefficient (Wildman–Crippen LogP) is 4.16. The quantitative estimate of drug-likeness (QED) is 0.375. The Hall–Kier alpha value is -3.11. The van der Waals surface area contributed by atoms with Gasteiger partial charge in [-0.15, -0.1) is 11.3 Å². The smallest absolute Gasteiger partial charge is 0.314 e. The molecule has 0 atom stereocenters. The normalized spacial score (nSPS) is 14.8. The molecule has 0 unspecified atom stereocenters. The molecule has 0 fully saturated rings. The highest BCUT2D eigenvalue weighted by molar-refractivity contribution is 7.14. The molecule has 1 amide bonds. The van der Waals surface area contributed by atoms with Crippen molar-refractivity contribution < 1.29 is 9.72 Å². The third-order valence-corrected chi connectivity index (χ3v) is 5.89. The van der Waals surface area contributed by atoms with Crippen molar-refractivity contribution in [2.75, 3.05) is 17.3 Å². The molecular formula is C18H15ClN6O3S. The van der Waals surface area contributed by atoms with Crippen LogP contribution in [-0.2, 0) is 10.2 Å². The highest BCUT2D eigenvalue weighted by Gasteiger charge is 2.42. The maximum atomic E-state index is 12.5. The summed E-state index contributed by atoms with van der Waals surface area (Å²) in [7, 11) is 1.76. The van der Waals surface area contributed by atoms with Crippen LogP contribution < -0.4 is 10.2 Å². The largest absolute Gasteiger partial charge is 0.348 e. The number of nitrogens with zero attached hydrogens (tertiary/aromatic N) is 5. The van der Waals surface area contributed by atoms with Gasteiger partial charge in [0.05, 0.1) is 16.0 Å². The fourth-order valence-electron chi connectivity index (χ4n) is 3.31. The zero-order valence-corrected chi connectivity index (χ0v) is 17.2. The van der Waals surface area contributed by atoms with E-state index in [0.29, 0.717) is 10.8 Å². The van der Waals surface area contributed by atoms with Crippen LogP contribution in [-0.4, -0.2) is 32.8 Å². The summed E-state index contributed by atoms with van der Waals surface area (Å²) >= 11 is 7.09. The summed E-state index contributed by atoms with van der Waals surface area (Å²) in [6.45, 7) is 3.79. The van der Waals surface area contributed by atoms with Gasteiger partial charge in [-0.05, 0) is 31.5 Å². The number of thiazole rings is 1. The minimum atomic E-state index is -0.644. The van der Waals surface area contributed by atoms with E-state index in [1.807, 2.05) is 37.4 Å². The summed E-state index contributed by atoms with van der Waals surface area (Å²) in [4.78, 5) is 36.8. The number of nitrogens with one attached hydrogen (secondary N) is 1. The van der Waals surface area contributed by atoms with Crippen LogP contribution in [0.3, 0.4) is 0 Å². The molecule has 4 rings (SSSR count). The lowest BCUT2D eigenvalue weighted by atomic mass is 9.85. The number of amides is 1. The number of rotatable bonds is 4. The maximum Gasteiger partial charge on any atom is 0.348 e. The number of carbonyl (C=O) groups excluding carboxylic acids is 1. The third-order valence-electron chi connectivity index (χ3n) is 4.86. The molecular weight excluding hydrogens is 416 g/mol. The van der Waals surface area contributed by atoms with Gasteiger partial charge in [-0.1, -0.05) is 17.7 Å².